The summed E-state index contributed by atoms with van der Waals surface area (Å²) >= 11 is 9.40. The Kier molecular flexibility index (Phi) is 5.05. The Bertz CT molecular complexity index is 528. The zero-order chi connectivity index (χ0) is 14.7. The maximum absolute atomic E-state index is 12.2. The molecule has 4 nitrogen and oxygen atoms in total. The van der Waals surface area contributed by atoms with Crippen LogP contribution in [0.1, 0.15) is 36.0 Å². The Balaban J connectivity index is 1.96. The monoisotopic (exact) mass is 358 g/mol. The van der Waals surface area contributed by atoms with Crippen LogP contribution in [0.25, 0.3) is 0 Å². The molecule has 1 aliphatic carbocycles. The molecule has 2 amide bonds. The summed E-state index contributed by atoms with van der Waals surface area (Å²) in [5, 5.41) is 3.38. The minimum Gasteiger partial charge on any atom is -0.369 e. The second-order valence-electron chi connectivity index (χ2n) is 5.03. The second kappa shape index (κ2) is 6.59. The summed E-state index contributed by atoms with van der Waals surface area (Å²) in [5.41, 5.74) is 5.75. The highest BCUT2D eigenvalue weighted by Gasteiger charge is 2.26. The van der Waals surface area contributed by atoms with E-state index in [2.05, 4.69) is 21.2 Å². The third kappa shape index (κ3) is 3.52. The molecule has 0 aromatic heterocycles. The van der Waals surface area contributed by atoms with Crippen LogP contribution in [0.2, 0.25) is 5.02 Å². The standard InChI is InChI=1S/C14H16BrClN2O2/c15-11-3-1-2-10(12(11)16)14(20)18-9-6-4-8(5-7-9)13(17)19/h1-3,8-9H,4-7H2,(H2,17,19)(H,18,20). The number of carbonyl (C=O) groups excluding carboxylic acids is 2. The summed E-state index contributed by atoms with van der Waals surface area (Å²) in [4.78, 5) is 23.3. The number of nitrogens with one attached hydrogen (secondary N) is 1. The van der Waals surface area contributed by atoms with E-state index in [1.807, 2.05) is 0 Å². The topological polar surface area (TPSA) is 72.2 Å². The molecule has 6 heteroatoms. The summed E-state index contributed by atoms with van der Waals surface area (Å²) in [6.45, 7) is 0. The van der Waals surface area contributed by atoms with Gasteiger partial charge in [-0.05, 0) is 53.7 Å². The lowest BCUT2D eigenvalue weighted by atomic mass is 9.85. The van der Waals surface area contributed by atoms with E-state index in [4.69, 9.17) is 17.3 Å². The molecule has 0 spiro atoms. The first-order valence-electron chi connectivity index (χ1n) is 6.53. The molecule has 0 bridgehead atoms. The largest absolute Gasteiger partial charge is 0.369 e. The van der Waals surface area contributed by atoms with Gasteiger partial charge < -0.3 is 11.1 Å². The Morgan fingerprint density at radius 1 is 1.25 bits per heavy atom. The number of benzene rings is 1. The lowest BCUT2D eigenvalue weighted by molar-refractivity contribution is -0.122. The first kappa shape index (κ1) is 15.3. The van der Waals surface area contributed by atoms with Gasteiger partial charge in [0.2, 0.25) is 5.91 Å². The summed E-state index contributed by atoms with van der Waals surface area (Å²) < 4.78 is 0.698. The highest BCUT2D eigenvalue weighted by molar-refractivity contribution is 9.10. The summed E-state index contributed by atoms with van der Waals surface area (Å²) in [6.07, 6.45) is 2.99. The molecule has 1 aromatic rings. The van der Waals surface area contributed by atoms with Crippen molar-refractivity contribution in [3.8, 4) is 0 Å². The molecular weight excluding hydrogens is 344 g/mol. The van der Waals surface area contributed by atoms with Gasteiger partial charge in [0.1, 0.15) is 0 Å². The molecule has 1 fully saturated rings. The Labute approximate surface area is 131 Å². The predicted molar refractivity (Wildman–Crippen MR) is 81.6 cm³/mol. The van der Waals surface area contributed by atoms with Crippen LogP contribution in [0.4, 0.5) is 0 Å². The number of carbonyl (C=O) groups is 2. The third-order valence-corrected chi connectivity index (χ3v) is 4.96. The Morgan fingerprint density at radius 2 is 1.90 bits per heavy atom. The van der Waals surface area contributed by atoms with E-state index in [-0.39, 0.29) is 23.8 Å². The van der Waals surface area contributed by atoms with E-state index in [1.54, 1.807) is 18.2 Å². The maximum atomic E-state index is 12.2. The molecule has 0 aliphatic heterocycles. The van der Waals surface area contributed by atoms with Crippen molar-refractivity contribution in [3.63, 3.8) is 0 Å². The molecule has 20 heavy (non-hydrogen) atoms. The molecule has 3 N–H and O–H groups in total. The van der Waals surface area contributed by atoms with Crippen molar-refractivity contribution in [3.05, 3.63) is 33.3 Å². The van der Waals surface area contributed by atoms with Crippen LogP contribution in [-0.4, -0.2) is 17.9 Å². The van der Waals surface area contributed by atoms with Crippen molar-refractivity contribution < 1.29 is 9.59 Å². The number of amides is 2. The van der Waals surface area contributed by atoms with Gasteiger partial charge >= 0.3 is 0 Å². The molecule has 108 valence electrons. The number of hydrogen-bond donors (Lipinski definition) is 2. The van der Waals surface area contributed by atoms with Crippen LogP contribution >= 0.6 is 27.5 Å². The lowest BCUT2D eigenvalue weighted by Crippen LogP contribution is -2.39. The van der Waals surface area contributed by atoms with E-state index >= 15 is 0 Å². The van der Waals surface area contributed by atoms with Gasteiger partial charge in [-0.2, -0.15) is 0 Å². The average Bonchev–Trinajstić information content (AvgIpc) is 2.42. The smallest absolute Gasteiger partial charge is 0.253 e. The van der Waals surface area contributed by atoms with Gasteiger partial charge in [-0.3, -0.25) is 9.59 Å². The van der Waals surface area contributed by atoms with Gasteiger partial charge in [0, 0.05) is 16.4 Å². The minimum absolute atomic E-state index is 0.0578. The number of nitrogens with two attached hydrogens (primary N) is 1. The fraction of sp³-hybridized carbons (Fsp3) is 0.429. The number of hydrogen-bond acceptors (Lipinski definition) is 2. The molecule has 0 radical (unpaired) electrons. The quantitative estimate of drug-likeness (QED) is 0.871. The molecule has 1 aromatic carbocycles. The van der Waals surface area contributed by atoms with E-state index in [9.17, 15) is 9.59 Å². The summed E-state index contributed by atoms with van der Waals surface area (Å²) in [6, 6.07) is 5.33. The number of rotatable bonds is 3. The van der Waals surface area contributed by atoms with Gasteiger partial charge in [-0.1, -0.05) is 17.7 Å². The van der Waals surface area contributed by atoms with Crippen molar-refractivity contribution >= 4 is 39.3 Å². The molecular formula is C14H16BrClN2O2. The van der Waals surface area contributed by atoms with E-state index in [1.165, 1.54) is 0 Å². The zero-order valence-corrected chi connectivity index (χ0v) is 13.2. The highest BCUT2D eigenvalue weighted by Crippen LogP contribution is 2.27. The first-order chi connectivity index (χ1) is 9.49. The van der Waals surface area contributed by atoms with Crippen molar-refractivity contribution in [2.75, 3.05) is 0 Å². The summed E-state index contributed by atoms with van der Waals surface area (Å²) in [5.74, 6) is -0.485. The van der Waals surface area contributed by atoms with Gasteiger partial charge in [-0.15, -0.1) is 0 Å². The van der Waals surface area contributed by atoms with Crippen molar-refractivity contribution in [2.45, 2.75) is 31.7 Å². The average molecular weight is 360 g/mol. The predicted octanol–water partition coefficient (Wildman–Crippen LogP) is 2.88. The number of primary amides is 1. The fourth-order valence-electron chi connectivity index (χ4n) is 2.46. The van der Waals surface area contributed by atoms with Crippen LogP contribution in [0.15, 0.2) is 22.7 Å². The SMILES string of the molecule is NC(=O)C1CCC(NC(=O)c2cccc(Br)c2Cl)CC1. The van der Waals surface area contributed by atoms with Gasteiger partial charge in [-0.25, -0.2) is 0 Å². The molecule has 0 unspecified atom stereocenters. The van der Waals surface area contributed by atoms with Crippen LogP contribution in [0.3, 0.4) is 0 Å². The van der Waals surface area contributed by atoms with Gasteiger partial charge in [0.05, 0.1) is 10.6 Å². The van der Waals surface area contributed by atoms with Crippen LogP contribution in [0, 0.1) is 5.92 Å². The first-order valence-corrected chi connectivity index (χ1v) is 7.70. The lowest BCUT2D eigenvalue weighted by Gasteiger charge is -2.27. The normalized spacial score (nSPS) is 22.3. The van der Waals surface area contributed by atoms with Crippen LogP contribution in [0.5, 0.6) is 0 Å². The van der Waals surface area contributed by atoms with Crippen LogP contribution < -0.4 is 11.1 Å². The second-order valence-corrected chi connectivity index (χ2v) is 6.26. The minimum atomic E-state index is -0.246. The van der Waals surface area contributed by atoms with Gasteiger partial charge in [0.15, 0.2) is 0 Å². The fourth-order valence-corrected chi connectivity index (χ4v) is 3.04. The summed E-state index contributed by atoms with van der Waals surface area (Å²) in [7, 11) is 0. The molecule has 1 aliphatic rings. The van der Waals surface area contributed by atoms with Crippen molar-refractivity contribution in [1.82, 2.24) is 5.32 Å². The Morgan fingerprint density at radius 3 is 2.50 bits per heavy atom. The zero-order valence-electron chi connectivity index (χ0n) is 10.9. The molecule has 0 saturated heterocycles. The highest BCUT2D eigenvalue weighted by atomic mass is 79.9. The van der Waals surface area contributed by atoms with Gasteiger partial charge in [0.25, 0.3) is 5.91 Å². The van der Waals surface area contributed by atoms with Crippen LogP contribution in [-0.2, 0) is 4.79 Å². The molecule has 0 atom stereocenters. The van der Waals surface area contributed by atoms with E-state index < -0.39 is 0 Å². The Hall–Kier alpha value is -1.07. The third-order valence-electron chi connectivity index (χ3n) is 3.66. The maximum Gasteiger partial charge on any atom is 0.253 e. The van der Waals surface area contributed by atoms with Crippen molar-refractivity contribution in [2.24, 2.45) is 11.7 Å². The van der Waals surface area contributed by atoms with E-state index in [0.29, 0.717) is 15.1 Å². The molecule has 1 saturated carbocycles. The van der Waals surface area contributed by atoms with Crippen molar-refractivity contribution in [1.29, 1.82) is 0 Å². The molecule has 2 rings (SSSR count). The van der Waals surface area contributed by atoms with E-state index in [0.717, 1.165) is 25.7 Å². The molecule has 0 heterocycles. The number of halogens is 2.